The zero-order valence-electron chi connectivity index (χ0n) is 16.9. The maximum absolute atomic E-state index is 12.3. The summed E-state index contributed by atoms with van der Waals surface area (Å²) in [4.78, 5) is 30.7. The number of hydrogen-bond acceptors (Lipinski definition) is 6. The molecular formula is C20H21N7O3S. The summed E-state index contributed by atoms with van der Waals surface area (Å²) in [5.74, 6) is 0.359. The number of ether oxygens (including phenoxy) is 1. The number of nitrogens with two attached hydrogens (primary N) is 1. The van der Waals surface area contributed by atoms with Gasteiger partial charge in [0.25, 0.3) is 5.91 Å². The molecule has 0 spiro atoms. The molecule has 1 aromatic carbocycles. The first-order valence-corrected chi connectivity index (χ1v) is 10.0. The summed E-state index contributed by atoms with van der Waals surface area (Å²) in [5.41, 5.74) is 12.7. The Balaban J connectivity index is 1.64. The minimum absolute atomic E-state index is 0.0280. The van der Waals surface area contributed by atoms with Crippen molar-refractivity contribution in [2.24, 2.45) is 11.7 Å². The van der Waals surface area contributed by atoms with Gasteiger partial charge < -0.3 is 10.5 Å². The molecule has 4 rings (SSSR count). The minimum Gasteiger partial charge on any atom is -0.447 e. The zero-order valence-corrected chi connectivity index (χ0v) is 17.7. The van der Waals surface area contributed by atoms with Crippen molar-refractivity contribution in [3.8, 4) is 11.1 Å². The Morgan fingerprint density at radius 1 is 1.26 bits per heavy atom. The molecule has 3 heterocycles. The number of rotatable bonds is 4. The molecule has 0 unspecified atom stereocenters. The van der Waals surface area contributed by atoms with Gasteiger partial charge in [-0.15, -0.1) is 0 Å². The molecule has 0 radical (unpaired) electrons. The number of carbonyl (C=O) groups excluding carboxylic acids is 2. The van der Waals surface area contributed by atoms with Crippen LogP contribution in [0.1, 0.15) is 24.2 Å². The van der Waals surface area contributed by atoms with Crippen LogP contribution in [-0.2, 0) is 4.74 Å². The highest BCUT2D eigenvalue weighted by Crippen LogP contribution is 2.29. The van der Waals surface area contributed by atoms with Gasteiger partial charge in [-0.1, -0.05) is 26.0 Å². The van der Waals surface area contributed by atoms with Crippen molar-refractivity contribution in [3.63, 3.8) is 0 Å². The van der Waals surface area contributed by atoms with E-state index in [4.69, 9.17) is 15.5 Å². The van der Waals surface area contributed by atoms with Crippen LogP contribution in [0.4, 0.5) is 10.6 Å². The zero-order chi connectivity index (χ0) is 22.1. The third-order valence-corrected chi connectivity index (χ3v) is 5.14. The van der Waals surface area contributed by atoms with E-state index >= 15 is 0 Å². The number of amides is 2. The maximum atomic E-state index is 12.3. The number of thiocarbonyl (C=S) groups is 1. The largest absolute Gasteiger partial charge is 0.447 e. The Morgan fingerprint density at radius 2 is 2.00 bits per heavy atom. The second kappa shape index (κ2) is 8.19. The first kappa shape index (κ1) is 20.5. The summed E-state index contributed by atoms with van der Waals surface area (Å²) in [6.07, 6.45) is 3.04. The van der Waals surface area contributed by atoms with Crippen LogP contribution in [-0.4, -0.2) is 44.4 Å². The summed E-state index contributed by atoms with van der Waals surface area (Å²) in [6, 6.07) is 8.59. The lowest BCUT2D eigenvalue weighted by Gasteiger charge is -2.23. The predicted octanol–water partition coefficient (Wildman–Crippen LogP) is 1.86. The first-order chi connectivity index (χ1) is 14.8. The number of anilines is 1. The van der Waals surface area contributed by atoms with Crippen LogP contribution in [0.15, 0.2) is 42.7 Å². The number of hydrazine groups is 1. The van der Waals surface area contributed by atoms with E-state index in [2.05, 4.69) is 28.2 Å². The number of cyclic esters (lactones) is 1. The van der Waals surface area contributed by atoms with Crippen molar-refractivity contribution in [2.45, 2.75) is 19.9 Å². The van der Waals surface area contributed by atoms with Gasteiger partial charge in [0, 0.05) is 17.3 Å². The van der Waals surface area contributed by atoms with Crippen LogP contribution in [0.5, 0.6) is 0 Å². The lowest BCUT2D eigenvalue weighted by Crippen LogP contribution is -2.44. The van der Waals surface area contributed by atoms with E-state index in [1.807, 2.05) is 13.8 Å². The summed E-state index contributed by atoms with van der Waals surface area (Å²) in [6.45, 7) is 4.41. The van der Waals surface area contributed by atoms with Gasteiger partial charge in [0.05, 0.1) is 12.2 Å². The van der Waals surface area contributed by atoms with Gasteiger partial charge in [0.1, 0.15) is 12.4 Å². The van der Waals surface area contributed by atoms with E-state index in [1.54, 1.807) is 52.1 Å². The molecule has 11 heteroatoms. The molecule has 0 saturated carbocycles. The molecule has 1 atom stereocenters. The van der Waals surface area contributed by atoms with Crippen molar-refractivity contribution >= 4 is 40.8 Å². The molecule has 1 saturated heterocycles. The van der Waals surface area contributed by atoms with E-state index in [9.17, 15) is 9.59 Å². The van der Waals surface area contributed by atoms with Gasteiger partial charge in [-0.25, -0.2) is 14.3 Å². The third-order valence-electron chi connectivity index (χ3n) is 5.03. The summed E-state index contributed by atoms with van der Waals surface area (Å²) >= 11 is 4.67. The van der Waals surface area contributed by atoms with Crippen LogP contribution in [0.3, 0.4) is 0 Å². The Bertz CT molecular complexity index is 1160. The van der Waals surface area contributed by atoms with Crippen molar-refractivity contribution in [1.29, 1.82) is 0 Å². The SMILES string of the molecule is CC(C)[C@H]1COC(=O)N1c1ccn2ncc(-c3ccc(C(=O)NNC(N)=S)cc3)c2n1. The number of fused-ring (bicyclic) bond motifs is 1. The van der Waals surface area contributed by atoms with Crippen LogP contribution in [0, 0.1) is 5.92 Å². The van der Waals surface area contributed by atoms with Gasteiger partial charge in [-0.05, 0) is 41.9 Å². The van der Waals surface area contributed by atoms with Gasteiger partial charge in [-0.3, -0.25) is 20.5 Å². The normalized spacial score (nSPS) is 15.9. The number of nitrogens with one attached hydrogen (secondary N) is 2. The van der Waals surface area contributed by atoms with Crippen LogP contribution in [0.2, 0.25) is 0 Å². The lowest BCUT2D eigenvalue weighted by molar-refractivity contribution is 0.0944. The first-order valence-electron chi connectivity index (χ1n) is 9.61. The smallest absolute Gasteiger partial charge is 0.415 e. The van der Waals surface area contributed by atoms with Crippen LogP contribution in [0.25, 0.3) is 16.8 Å². The molecule has 2 amide bonds. The summed E-state index contributed by atoms with van der Waals surface area (Å²) in [5, 5.41) is 4.32. The highest BCUT2D eigenvalue weighted by molar-refractivity contribution is 7.80. The number of carbonyl (C=O) groups is 2. The highest BCUT2D eigenvalue weighted by atomic mass is 32.1. The van der Waals surface area contributed by atoms with Crippen molar-refractivity contribution < 1.29 is 14.3 Å². The molecular weight excluding hydrogens is 418 g/mol. The summed E-state index contributed by atoms with van der Waals surface area (Å²) in [7, 11) is 0. The number of nitrogens with zero attached hydrogens (tertiary/aromatic N) is 4. The number of aromatic nitrogens is 3. The Kier molecular flexibility index (Phi) is 5.42. The van der Waals surface area contributed by atoms with Gasteiger partial charge in [0.15, 0.2) is 10.8 Å². The fourth-order valence-corrected chi connectivity index (χ4v) is 3.43. The van der Waals surface area contributed by atoms with E-state index in [-0.39, 0.29) is 23.0 Å². The molecule has 160 valence electrons. The molecule has 31 heavy (non-hydrogen) atoms. The molecule has 10 nitrogen and oxygen atoms in total. The minimum atomic E-state index is -0.405. The fourth-order valence-electron chi connectivity index (χ4n) is 3.38. The average molecular weight is 440 g/mol. The Morgan fingerprint density at radius 3 is 2.68 bits per heavy atom. The number of hydrogen-bond donors (Lipinski definition) is 3. The van der Waals surface area contributed by atoms with Crippen LogP contribution >= 0.6 is 12.2 Å². The molecule has 0 aliphatic carbocycles. The Labute approximate surface area is 183 Å². The molecule has 4 N–H and O–H groups in total. The van der Waals surface area contributed by atoms with E-state index < -0.39 is 6.09 Å². The third kappa shape index (κ3) is 3.99. The monoisotopic (exact) mass is 439 g/mol. The molecule has 2 aromatic heterocycles. The second-order valence-corrected chi connectivity index (χ2v) is 7.83. The highest BCUT2D eigenvalue weighted by Gasteiger charge is 2.37. The van der Waals surface area contributed by atoms with E-state index in [0.29, 0.717) is 23.6 Å². The van der Waals surface area contributed by atoms with Gasteiger partial charge in [-0.2, -0.15) is 5.10 Å². The molecule has 0 bridgehead atoms. The van der Waals surface area contributed by atoms with E-state index in [0.717, 1.165) is 11.1 Å². The van der Waals surface area contributed by atoms with Crippen molar-refractivity contribution in [3.05, 3.63) is 48.3 Å². The topological polar surface area (TPSA) is 127 Å². The second-order valence-electron chi connectivity index (χ2n) is 7.39. The quantitative estimate of drug-likeness (QED) is 0.415. The maximum Gasteiger partial charge on any atom is 0.415 e. The number of benzene rings is 1. The molecule has 3 aromatic rings. The van der Waals surface area contributed by atoms with Crippen molar-refractivity contribution in [2.75, 3.05) is 11.5 Å². The van der Waals surface area contributed by atoms with Crippen molar-refractivity contribution in [1.82, 2.24) is 25.4 Å². The van der Waals surface area contributed by atoms with Gasteiger partial charge in [0.2, 0.25) is 0 Å². The Hall–Kier alpha value is -3.73. The fraction of sp³-hybridized carbons (Fsp3) is 0.250. The van der Waals surface area contributed by atoms with E-state index in [1.165, 1.54) is 0 Å². The van der Waals surface area contributed by atoms with Crippen LogP contribution < -0.4 is 21.5 Å². The standard InChI is InChI=1S/C20H21N7O3S/c1-11(2)15-10-30-20(29)27(15)16-7-8-26-17(23-16)14(9-22-26)12-3-5-13(6-4-12)18(28)24-25-19(21)31/h3-9,11,15H,10H2,1-2H3,(H,24,28)(H3,21,25,31)/t15-/m1/s1. The predicted molar refractivity (Wildman–Crippen MR) is 118 cm³/mol. The summed E-state index contributed by atoms with van der Waals surface area (Å²) < 4.78 is 6.87. The molecule has 1 aliphatic heterocycles. The lowest BCUT2D eigenvalue weighted by atomic mass is 10.0. The molecule has 1 aliphatic rings. The molecule has 1 fully saturated rings. The van der Waals surface area contributed by atoms with Gasteiger partial charge >= 0.3 is 6.09 Å². The average Bonchev–Trinajstić information content (AvgIpc) is 3.35.